The van der Waals surface area contributed by atoms with Gasteiger partial charge >= 0.3 is 0 Å². The van der Waals surface area contributed by atoms with Crippen LogP contribution in [-0.4, -0.2) is 11.2 Å². The van der Waals surface area contributed by atoms with E-state index in [4.69, 9.17) is 0 Å². The lowest BCUT2D eigenvalue weighted by molar-refractivity contribution is 0.135. The third-order valence-electron chi connectivity index (χ3n) is 3.47. The van der Waals surface area contributed by atoms with Gasteiger partial charge in [-0.3, -0.25) is 0 Å². The molecule has 1 heteroatoms. The summed E-state index contributed by atoms with van der Waals surface area (Å²) in [5.41, 5.74) is 3.81. The van der Waals surface area contributed by atoms with Crippen LogP contribution in [0.15, 0.2) is 54.6 Å². The van der Waals surface area contributed by atoms with Crippen molar-refractivity contribution in [1.29, 1.82) is 0 Å². The second kappa shape index (κ2) is 5.83. The summed E-state index contributed by atoms with van der Waals surface area (Å²) in [5.74, 6) is 0.273. The van der Waals surface area contributed by atoms with Gasteiger partial charge in [0.2, 0.25) is 0 Å². The first-order chi connectivity index (χ1) is 8.68. The van der Waals surface area contributed by atoms with Gasteiger partial charge in [0.1, 0.15) is 0 Å². The number of aliphatic hydroxyl groups excluding tert-OH is 1. The van der Waals surface area contributed by atoms with E-state index in [0.29, 0.717) is 0 Å². The van der Waals surface area contributed by atoms with E-state index in [-0.39, 0.29) is 12.0 Å². The Morgan fingerprint density at radius 1 is 0.889 bits per heavy atom. The molecule has 0 aliphatic heterocycles. The van der Waals surface area contributed by atoms with Gasteiger partial charge in [0.15, 0.2) is 0 Å². The van der Waals surface area contributed by atoms with Crippen molar-refractivity contribution in [3.8, 4) is 11.1 Å². The summed E-state index contributed by atoms with van der Waals surface area (Å²) in [5, 5.41) is 9.64. The van der Waals surface area contributed by atoms with Gasteiger partial charge in [0.05, 0.1) is 6.10 Å². The normalized spacial score (nSPS) is 14.2. The Morgan fingerprint density at radius 2 is 1.50 bits per heavy atom. The summed E-state index contributed by atoms with van der Waals surface area (Å²) < 4.78 is 0. The molecule has 2 aromatic carbocycles. The zero-order valence-electron chi connectivity index (χ0n) is 11.0. The molecule has 1 N–H and O–H groups in total. The zero-order valence-corrected chi connectivity index (χ0v) is 11.0. The van der Waals surface area contributed by atoms with Gasteiger partial charge in [-0.1, -0.05) is 61.5 Å². The van der Waals surface area contributed by atoms with Gasteiger partial charge in [-0.05, 0) is 36.0 Å². The van der Waals surface area contributed by atoms with E-state index in [1.165, 1.54) is 16.7 Å². The van der Waals surface area contributed by atoms with Crippen LogP contribution in [0.25, 0.3) is 11.1 Å². The number of benzene rings is 2. The van der Waals surface area contributed by atoms with Crippen molar-refractivity contribution in [3.63, 3.8) is 0 Å². The molecule has 2 unspecified atom stereocenters. The Balaban J connectivity index is 2.32. The Hall–Kier alpha value is -1.60. The zero-order chi connectivity index (χ0) is 13.0. The molecule has 0 radical (unpaired) electrons. The van der Waals surface area contributed by atoms with Crippen molar-refractivity contribution in [2.24, 2.45) is 5.92 Å². The fraction of sp³-hybridized carbons (Fsp3) is 0.294. The van der Waals surface area contributed by atoms with E-state index in [0.717, 1.165) is 6.42 Å². The van der Waals surface area contributed by atoms with Crippen LogP contribution in [-0.2, 0) is 6.42 Å². The smallest absolute Gasteiger partial charge is 0.0540 e. The van der Waals surface area contributed by atoms with E-state index in [1.54, 1.807) is 0 Å². The maximum absolute atomic E-state index is 9.64. The summed E-state index contributed by atoms with van der Waals surface area (Å²) in [6.45, 7) is 3.95. The molecule has 0 bridgehead atoms. The third-order valence-corrected chi connectivity index (χ3v) is 3.47. The molecular formula is C17H20O. The van der Waals surface area contributed by atoms with Crippen LogP contribution >= 0.6 is 0 Å². The molecule has 0 amide bonds. The van der Waals surface area contributed by atoms with Gasteiger partial charge in [0, 0.05) is 0 Å². The molecule has 0 aliphatic carbocycles. The topological polar surface area (TPSA) is 20.2 Å². The van der Waals surface area contributed by atoms with Crippen molar-refractivity contribution in [2.45, 2.75) is 26.4 Å². The molecule has 0 aliphatic rings. The molecule has 2 aromatic rings. The average molecular weight is 240 g/mol. The molecule has 94 valence electrons. The van der Waals surface area contributed by atoms with E-state index < -0.39 is 0 Å². The van der Waals surface area contributed by atoms with E-state index in [9.17, 15) is 5.11 Å². The maximum Gasteiger partial charge on any atom is 0.0540 e. The fourth-order valence-corrected chi connectivity index (χ4v) is 2.12. The van der Waals surface area contributed by atoms with Gasteiger partial charge < -0.3 is 5.11 Å². The highest BCUT2D eigenvalue weighted by Crippen LogP contribution is 2.26. The number of hydrogen-bond acceptors (Lipinski definition) is 1. The van der Waals surface area contributed by atoms with Gasteiger partial charge in [-0.25, -0.2) is 0 Å². The summed E-state index contributed by atoms with van der Waals surface area (Å²) in [7, 11) is 0. The van der Waals surface area contributed by atoms with Crippen molar-refractivity contribution in [1.82, 2.24) is 0 Å². The monoisotopic (exact) mass is 240 g/mol. The van der Waals surface area contributed by atoms with Crippen LogP contribution in [0, 0.1) is 5.92 Å². The highest BCUT2D eigenvalue weighted by molar-refractivity contribution is 5.67. The fourth-order valence-electron chi connectivity index (χ4n) is 2.12. The Bertz CT molecular complexity index is 488. The number of aliphatic hydroxyl groups is 1. The summed E-state index contributed by atoms with van der Waals surface area (Å²) in [6, 6.07) is 18.9. The lowest BCUT2D eigenvalue weighted by Gasteiger charge is -2.17. The molecule has 0 heterocycles. The Labute approximate surface area is 109 Å². The number of rotatable bonds is 4. The number of hydrogen-bond donors (Lipinski definition) is 1. The minimum absolute atomic E-state index is 0.270. The van der Waals surface area contributed by atoms with E-state index in [2.05, 4.69) is 55.5 Å². The molecule has 0 saturated heterocycles. The minimum atomic E-state index is -0.270. The predicted octanol–water partition coefficient (Wildman–Crippen LogP) is 3.91. The van der Waals surface area contributed by atoms with Gasteiger partial charge in [-0.15, -0.1) is 0 Å². The first-order valence-electron chi connectivity index (χ1n) is 6.50. The molecule has 1 nitrogen and oxygen atoms in total. The highest BCUT2D eigenvalue weighted by Gasteiger charge is 2.12. The first kappa shape index (κ1) is 12.8. The van der Waals surface area contributed by atoms with Gasteiger partial charge in [-0.2, -0.15) is 0 Å². The second-order valence-electron chi connectivity index (χ2n) is 4.95. The molecule has 0 fully saturated rings. The molecule has 0 spiro atoms. The Morgan fingerprint density at radius 3 is 2.17 bits per heavy atom. The SMILES string of the molecule is CC(O)C(C)Cc1ccccc1-c1ccccc1. The molecule has 0 saturated carbocycles. The lowest BCUT2D eigenvalue weighted by Crippen LogP contribution is -2.15. The molecule has 0 aromatic heterocycles. The van der Waals surface area contributed by atoms with Crippen molar-refractivity contribution in [2.75, 3.05) is 0 Å². The Kier molecular flexibility index (Phi) is 4.16. The van der Waals surface area contributed by atoms with Crippen molar-refractivity contribution >= 4 is 0 Å². The van der Waals surface area contributed by atoms with Crippen LogP contribution in [0.2, 0.25) is 0 Å². The largest absolute Gasteiger partial charge is 0.393 e. The molecule has 18 heavy (non-hydrogen) atoms. The molecule has 2 atom stereocenters. The average Bonchev–Trinajstić information content (AvgIpc) is 2.40. The lowest BCUT2D eigenvalue weighted by atomic mass is 9.91. The van der Waals surface area contributed by atoms with Gasteiger partial charge in [0.25, 0.3) is 0 Å². The molecule has 2 rings (SSSR count). The minimum Gasteiger partial charge on any atom is -0.393 e. The van der Waals surface area contributed by atoms with E-state index >= 15 is 0 Å². The highest BCUT2D eigenvalue weighted by atomic mass is 16.3. The van der Waals surface area contributed by atoms with Crippen LogP contribution in [0.4, 0.5) is 0 Å². The molecular weight excluding hydrogens is 220 g/mol. The summed E-state index contributed by atoms with van der Waals surface area (Å²) in [6.07, 6.45) is 0.636. The second-order valence-corrected chi connectivity index (χ2v) is 4.95. The van der Waals surface area contributed by atoms with Crippen LogP contribution in [0.3, 0.4) is 0 Å². The van der Waals surface area contributed by atoms with E-state index in [1.807, 2.05) is 13.0 Å². The van der Waals surface area contributed by atoms with Crippen molar-refractivity contribution < 1.29 is 5.11 Å². The van der Waals surface area contributed by atoms with Crippen molar-refractivity contribution in [3.05, 3.63) is 60.2 Å². The summed E-state index contributed by atoms with van der Waals surface area (Å²) >= 11 is 0. The first-order valence-corrected chi connectivity index (χ1v) is 6.50. The predicted molar refractivity (Wildman–Crippen MR) is 76.4 cm³/mol. The maximum atomic E-state index is 9.64. The van der Waals surface area contributed by atoms with Crippen LogP contribution < -0.4 is 0 Å². The standard InChI is InChI=1S/C17H20O/c1-13(14(2)18)12-16-10-6-7-11-17(16)15-8-4-3-5-9-15/h3-11,13-14,18H,12H2,1-2H3. The quantitative estimate of drug-likeness (QED) is 0.859. The van der Waals surface area contributed by atoms with Crippen LogP contribution in [0.5, 0.6) is 0 Å². The summed E-state index contributed by atoms with van der Waals surface area (Å²) in [4.78, 5) is 0. The van der Waals surface area contributed by atoms with Crippen LogP contribution in [0.1, 0.15) is 19.4 Å². The third kappa shape index (κ3) is 2.99.